The molecule has 0 saturated heterocycles. The molecule has 2 aromatic carbocycles. The number of aromatic amines is 1. The highest BCUT2D eigenvalue weighted by molar-refractivity contribution is 5.93. The highest BCUT2D eigenvalue weighted by atomic mass is 19.2. The van der Waals surface area contributed by atoms with Gasteiger partial charge in [-0.05, 0) is 49.9 Å². The van der Waals surface area contributed by atoms with Crippen LogP contribution in [0, 0.1) is 11.6 Å². The molecule has 1 heterocycles. The van der Waals surface area contributed by atoms with Crippen LogP contribution < -0.4 is 5.56 Å². The molecule has 1 N–H and O–H groups in total. The summed E-state index contributed by atoms with van der Waals surface area (Å²) < 4.78 is 31.3. The summed E-state index contributed by atoms with van der Waals surface area (Å²) >= 11 is 0. The van der Waals surface area contributed by atoms with Gasteiger partial charge in [0.05, 0.1) is 30.1 Å². The summed E-state index contributed by atoms with van der Waals surface area (Å²) in [5.41, 5.74) is 0.931. The third-order valence-electron chi connectivity index (χ3n) is 4.66. The van der Waals surface area contributed by atoms with Gasteiger partial charge in [0, 0.05) is 6.04 Å². The fourth-order valence-electron chi connectivity index (χ4n) is 2.91. The maximum Gasteiger partial charge on any atom is 0.337 e. The maximum atomic E-state index is 13.5. The Kier molecular flexibility index (Phi) is 5.51. The number of esters is 1. The topological polar surface area (TPSA) is 75.3 Å². The number of methoxy groups -OCH3 is 1. The minimum Gasteiger partial charge on any atom is -0.465 e. The first-order valence-corrected chi connectivity index (χ1v) is 8.56. The van der Waals surface area contributed by atoms with E-state index in [4.69, 9.17) is 4.74 Å². The second kappa shape index (κ2) is 7.85. The first-order valence-electron chi connectivity index (χ1n) is 8.56. The zero-order chi connectivity index (χ0) is 20.4. The number of rotatable bonds is 5. The van der Waals surface area contributed by atoms with Crippen molar-refractivity contribution in [2.75, 3.05) is 14.2 Å². The molecule has 0 fully saturated rings. The van der Waals surface area contributed by atoms with Gasteiger partial charge in [0.2, 0.25) is 0 Å². The molecule has 3 rings (SSSR count). The van der Waals surface area contributed by atoms with Crippen molar-refractivity contribution in [1.29, 1.82) is 0 Å². The number of nitrogens with one attached hydrogen (secondary N) is 1. The molecule has 6 nitrogen and oxygen atoms in total. The van der Waals surface area contributed by atoms with E-state index in [1.807, 2.05) is 11.8 Å². The fraction of sp³-hybridized carbons (Fsp3) is 0.250. The Bertz CT molecular complexity index is 1100. The highest BCUT2D eigenvalue weighted by Gasteiger charge is 2.16. The molecular formula is C20H19F2N3O3. The number of nitrogens with zero attached hydrogens (tertiary/aromatic N) is 2. The number of ether oxygens (including phenoxy) is 1. The van der Waals surface area contributed by atoms with Gasteiger partial charge in [-0.3, -0.25) is 9.69 Å². The molecule has 28 heavy (non-hydrogen) atoms. The predicted molar refractivity (Wildman–Crippen MR) is 99.9 cm³/mol. The van der Waals surface area contributed by atoms with Crippen molar-refractivity contribution in [3.8, 4) is 0 Å². The molecule has 0 amide bonds. The molecule has 1 aromatic heterocycles. The van der Waals surface area contributed by atoms with Crippen LogP contribution in [-0.4, -0.2) is 35.0 Å². The van der Waals surface area contributed by atoms with Crippen LogP contribution in [0.15, 0.2) is 41.2 Å². The Labute approximate surface area is 159 Å². The van der Waals surface area contributed by atoms with Crippen LogP contribution >= 0.6 is 0 Å². The summed E-state index contributed by atoms with van der Waals surface area (Å²) in [5.74, 6) is -1.95. The molecule has 0 aliphatic carbocycles. The molecule has 0 aliphatic heterocycles. The van der Waals surface area contributed by atoms with Gasteiger partial charge in [0.15, 0.2) is 11.6 Å². The van der Waals surface area contributed by atoms with Crippen LogP contribution in [0.1, 0.15) is 34.7 Å². The number of aromatic nitrogens is 2. The van der Waals surface area contributed by atoms with Gasteiger partial charge in [0.25, 0.3) is 5.56 Å². The van der Waals surface area contributed by atoms with Crippen LogP contribution in [0.4, 0.5) is 8.78 Å². The SMILES string of the molecule is COC(=O)c1ccc2c(=O)[nH]c(CN(C)C(C)c3ccc(F)c(F)c3)nc2c1. The lowest BCUT2D eigenvalue weighted by atomic mass is 10.1. The van der Waals surface area contributed by atoms with Gasteiger partial charge in [0.1, 0.15) is 5.82 Å². The summed E-state index contributed by atoms with van der Waals surface area (Å²) in [4.78, 5) is 33.0. The molecule has 0 saturated carbocycles. The van der Waals surface area contributed by atoms with Gasteiger partial charge >= 0.3 is 5.97 Å². The first kappa shape index (κ1) is 19.6. The van der Waals surface area contributed by atoms with Crippen molar-refractivity contribution in [1.82, 2.24) is 14.9 Å². The van der Waals surface area contributed by atoms with Crippen molar-refractivity contribution in [2.45, 2.75) is 19.5 Å². The molecule has 146 valence electrons. The number of H-pyrrole nitrogens is 1. The Morgan fingerprint density at radius 1 is 1.21 bits per heavy atom. The molecule has 8 heteroatoms. The Hall–Kier alpha value is -3.13. The molecule has 0 bridgehead atoms. The predicted octanol–water partition coefficient (Wildman–Crippen LogP) is 3.18. The number of carbonyl (C=O) groups is 1. The van der Waals surface area contributed by atoms with Gasteiger partial charge in [-0.1, -0.05) is 6.07 Å². The number of hydrogen-bond donors (Lipinski definition) is 1. The van der Waals surface area contributed by atoms with Crippen molar-refractivity contribution in [3.63, 3.8) is 0 Å². The zero-order valence-corrected chi connectivity index (χ0v) is 15.6. The Morgan fingerprint density at radius 2 is 1.96 bits per heavy atom. The molecule has 0 spiro atoms. The minimum atomic E-state index is -0.912. The number of carbonyl (C=O) groups excluding carboxylic acids is 1. The molecular weight excluding hydrogens is 368 g/mol. The van der Waals surface area contributed by atoms with Crippen molar-refractivity contribution < 1.29 is 18.3 Å². The summed E-state index contributed by atoms with van der Waals surface area (Å²) in [6.45, 7) is 2.09. The number of benzene rings is 2. The lowest BCUT2D eigenvalue weighted by Gasteiger charge is -2.24. The average molecular weight is 387 g/mol. The van der Waals surface area contributed by atoms with Gasteiger partial charge in [-0.15, -0.1) is 0 Å². The summed E-state index contributed by atoms with van der Waals surface area (Å²) in [6, 6.07) is 8.01. The largest absolute Gasteiger partial charge is 0.465 e. The van der Waals surface area contributed by atoms with E-state index in [1.165, 1.54) is 31.4 Å². The lowest BCUT2D eigenvalue weighted by molar-refractivity contribution is 0.0601. The third kappa shape index (κ3) is 3.91. The number of hydrogen-bond acceptors (Lipinski definition) is 5. The molecule has 3 aromatic rings. The minimum absolute atomic E-state index is 0.252. The monoisotopic (exact) mass is 387 g/mol. The van der Waals surface area contributed by atoms with E-state index in [2.05, 4.69) is 9.97 Å². The van der Waals surface area contributed by atoms with E-state index in [0.29, 0.717) is 27.9 Å². The van der Waals surface area contributed by atoms with Gasteiger partial charge in [-0.2, -0.15) is 0 Å². The molecule has 1 atom stereocenters. The van der Waals surface area contributed by atoms with Crippen molar-refractivity contribution >= 4 is 16.9 Å². The number of halogens is 2. The van der Waals surface area contributed by atoms with E-state index < -0.39 is 17.6 Å². The van der Waals surface area contributed by atoms with Gasteiger partial charge in [-0.25, -0.2) is 18.6 Å². The van der Waals surface area contributed by atoms with E-state index in [9.17, 15) is 18.4 Å². The average Bonchev–Trinajstić information content (AvgIpc) is 2.68. The summed E-state index contributed by atoms with van der Waals surface area (Å²) in [5, 5.41) is 0.354. The molecule has 0 aliphatic rings. The van der Waals surface area contributed by atoms with E-state index in [0.717, 1.165) is 12.1 Å². The Morgan fingerprint density at radius 3 is 2.64 bits per heavy atom. The van der Waals surface area contributed by atoms with Crippen LogP contribution in [0.2, 0.25) is 0 Å². The second-order valence-corrected chi connectivity index (χ2v) is 6.50. The second-order valence-electron chi connectivity index (χ2n) is 6.50. The summed E-state index contributed by atoms with van der Waals surface area (Å²) in [6.07, 6.45) is 0. The van der Waals surface area contributed by atoms with Crippen LogP contribution in [-0.2, 0) is 11.3 Å². The molecule has 1 unspecified atom stereocenters. The normalized spacial score (nSPS) is 12.4. The van der Waals surface area contributed by atoms with Crippen molar-refractivity contribution in [3.05, 3.63) is 75.3 Å². The quantitative estimate of drug-likeness (QED) is 0.681. The maximum absolute atomic E-state index is 13.5. The van der Waals surface area contributed by atoms with Crippen molar-refractivity contribution in [2.24, 2.45) is 0 Å². The third-order valence-corrected chi connectivity index (χ3v) is 4.66. The number of fused-ring (bicyclic) bond motifs is 1. The summed E-state index contributed by atoms with van der Waals surface area (Å²) in [7, 11) is 3.05. The standard InChI is InChI=1S/C20H19F2N3O3/c1-11(12-5-7-15(21)16(22)8-12)25(2)10-18-23-17-9-13(20(27)28-3)4-6-14(17)19(26)24-18/h4-9,11H,10H2,1-3H3,(H,23,24,26). The lowest BCUT2D eigenvalue weighted by Crippen LogP contribution is -2.25. The van der Waals surface area contributed by atoms with E-state index >= 15 is 0 Å². The fourth-order valence-corrected chi connectivity index (χ4v) is 2.91. The van der Waals surface area contributed by atoms with E-state index in [-0.39, 0.29) is 18.1 Å². The Balaban J connectivity index is 1.89. The van der Waals surface area contributed by atoms with Gasteiger partial charge < -0.3 is 9.72 Å². The van der Waals surface area contributed by atoms with Crippen LogP contribution in [0.25, 0.3) is 10.9 Å². The zero-order valence-electron chi connectivity index (χ0n) is 15.6. The molecule has 0 radical (unpaired) electrons. The van der Waals surface area contributed by atoms with Crippen LogP contribution in [0.3, 0.4) is 0 Å². The van der Waals surface area contributed by atoms with Crippen LogP contribution in [0.5, 0.6) is 0 Å². The van der Waals surface area contributed by atoms with E-state index in [1.54, 1.807) is 7.05 Å². The smallest absolute Gasteiger partial charge is 0.337 e. The first-order chi connectivity index (χ1) is 13.3. The highest BCUT2D eigenvalue weighted by Crippen LogP contribution is 2.22.